The number of aromatic nitrogens is 1. The molecule has 4 rings (SSSR count). The summed E-state index contributed by atoms with van der Waals surface area (Å²) in [5.74, 6) is -1.77. The number of hydrogen-bond acceptors (Lipinski definition) is 4. The van der Waals surface area contributed by atoms with Gasteiger partial charge in [-0.05, 0) is 68.8 Å². The molecule has 0 bridgehead atoms. The molecule has 2 aromatic carbocycles. The van der Waals surface area contributed by atoms with Gasteiger partial charge < -0.3 is 20.5 Å². The Kier molecular flexibility index (Phi) is 13.4. The molecule has 0 spiro atoms. The Morgan fingerprint density at radius 1 is 0.957 bits per heavy atom. The van der Waals surface area contributed by atoms with E-state index in [-0.39, 0.29) is 56.8 Å². The van der Waals surface area contributed by atoms with Gasteiger partial charge in [-0.15, -0.1) is 24.8 Å². The van der Waals surface area contributed by atoms with Crippen LogP contribution in [0.15, 0.2) is 48.7 Å². The van der Waals surface area contributed by atoms with E-state index in [1.54, 1.807) is 6.20 Å². The van der Waals surface area contributed by atoms with E-state index in [0.29, 0.717) is 25.2 Å². The van der Waals surface area contributed by atoms with Crippen LogP contribution in [0.2, 0.25) is 0 Å². The lowest BCUT2D eigenvalue weighted by Gasteiger charge is -2.51. The molecule has 15 heteroatoms. The number of primary amides is 1. The van der Waals surface area contributed by atoms with E-state index in [4.69, 9.17) is 5.73 Å². The van der Waals surface area contributed by atoms with Crippen molar-refractivity contribution in [2.75, 3.05) is 45.8 Å². The number of nitrogens with one attached hydrogen (secondary N) is 1. The second-order valence-corrected chi connectivity index (χ2v) is 11.3. The highest BCUT2D eigenvalue weighted by Gasteiger charge is 2.47. The number of para-hydroxylation sites is 1. The van der Waals surface area contributed by atoms with Crippen molar-refractivity contribution in [2.24, 2.45) is 5.73 Å². The number of hydrogen-bond donors (Lipinski definition) is 2. The third-order valence-corrected chi connectivity index (χ3v) is 8.35. The SMILES string of the molecule is CCN(CC)CCCN1CCN(C(=O)c2cc(C(F)(F)F)cc(C(F)(F)F)c2)[C@@](CC(N)=O)(Cc2c[nH]c3ccccc23)C1.Cl.Cl. The summed E-state index contributed by atoms with van der Waals surface area (Å²) in [5.41, 5.74) is 2.01. The average molecular weight is 699 g/mol. The molecule has 7 nitrogen and oxygen atoms in total. The zero-order valence-electron chi connectivity index (χ0n) is 25.5. The molecule has 46 heavy (non-hydrogen) atoms. The minimum atomic E-state index is -5.12. The molecular formula is C31H39Cl2F6N5O2. The molecule has 0 unspecified atom stereocenters. The van der Waals surface area contributed by atoms with Crippen LogP contribution in [-0.2, 0) is 23.6 Å². The van der Waals surface area contributed by atoms with Gasteiger partial charge in [-0.2, -0.15) is 26.3 Å². The fraction of sp³-hybridized carbons (Fsp3) is 0.484. The van der Waals surface area contributed by atoms with E-state index in [0.717, 1.165) is 42.5 Å². The predicted octanol–water partition coefficient (Wildman–Crippen LogP) is 6.40. The fourth-order valence-corrected chi connectivity index (χ4v) is 6.18. The summed E-state index contributed by atoms with van der Waals surface area (Å²) in [6, 6.07) is 8.24. The van der Waals surface area contributed by atoms with Gasteiger partial charge >= 0.3 is 12.4 Å². The third-order valence-electron chi connectivity index (χ3n) is 8.35. The van der Waals surface area contributed by atoms with E-state index in [1.807, 2.05) is 24.3 Å². The number of fused-ring (bicyclic) bond motifs is 1. The number of nitrogens with zero attached hydrogens (tertiary/aromatic N) is 3. The van der Waals surface area contributed by atoms with Gasteiger partial charge in [0, 0.05) is 42.3 Å². The highest BCUT2D eigenvalue weighted by Crippen LogP contribution is 2.38. The second-order valence-electron chi connectivity index (χ2n) is 11.3. The summed E-state index contributed by atoms with van der Waals surface area (Å²) < 4.78 is 82.1. The molecule has 1 saturated heterocycles. The summed E-state index contributed by atoms with van der Waals surface area (Å²) in [6.07, 6.45) is -7.94. The van der Waals surface area contributed by atoms with E-state index in [1.165, 1.54) is 4.90 Å². The molecule has 3 N–H and O–H groups in total. The highest BCUT2D eigenvalue weighted by atomic mass is 35.5. The summed E-state index contributed by atoms with van der Waals surface area (Å²) in [7, 11) is 0. The average Bonchev–Trinajstić information content (AvgIpc) is 3.36. The number of carbonyl (C=O) groups is 2. The molecule has 0 radical (unpaired) electrons. The van der Waals surface area contributed by atoms with Crippen LogP contribution >= 0.6 is 24.8 Å². The smallest absolute Gasteiger partial charge is 0.370 e. The molecule has 0 aliphatic carbocycles. The topological polar surface area (TPSA) is 85.7 Å². The van der Waals surface area contributed by atoms with Crippen molar-refractivity contribution in [2.45, 2.75) is 51.0 Å². The van der Waals surface area contributed by atoms with Crippen molar-refractivity contribution in [3.63, 3.8) is 0 Å². The first-order chi connectivity index (χ1) is 20.7. The van der Waals surface area contributed by atoms with Gasteiger partial charge in [-0.3, -0.25) is 14.5 Å². The van der Waals surface area contributed by atoms with Crippen molar-refractivity contribution < 1.29 is 35.9 Å². The number of halogens is 8. The van der Waals surface area contributed by atoms with Crippen LogP contribution in [0.3, 0.4) is 0 Å². The van der Waals surface area contributed by atoms with Gasteiger partial charge in [-0.1, -0.05) is 32.0 Å². The molecule has 0 saturated carbocycles. The van der Waals surface area contributed by atoms with Gasteiger partial charge in [0.05, 0.1) is 23.1 Å². The number of H-pyrrole nitrogens is 1. The first-order valence-electron chi connectivity index (χ1n) is 14.6. The third kappa shape index (κ3) is 9.08. The van der Waals surface area contributed by atoms with Crippen molar-refractivity contribution in [3.05, 3.63) is 70.9 Å². The lowest BCUT2D eigenvalue weighted by Crippen LogP contribution is -2.66. The first kappa shape index (κ1) is 39.2. The maximum Gasteiger partial charge on any atom is 0.416 e. The molecule has 1 aliphatic heterocycles. The van der Waals surface area contributed by atoms with E-state index in [2.05, 4.69) is 28.6 Å². The van der Waals surface area contributed by atoms with E-state index < -0.39 is 46.4 Å². The zero-order chi connectivity index (χ0) is 32.3. The van der Waals surface area contributed by atoms with Gasteiger partial charge in [-0.25, -0.2) is 0 Å². The number of alkyl halides is 6. The number of aromatic amines is 1. The van der Waals surface area contributed by atoms with Gasteiger partial charge in [0.1, 0.15) is 0 Å². The van der Waals surface area contributed by atoms with Crippen LogP contribution in [0.1, 0.15) is 53.7 Å². The predicted molar refractivity (Wildman–Crippen MR) is 169 cm³/mol. The Morgan fingerprint density at radius 2 is 1.57 bits per heavy atom. The molecule has 1 aromatic heterocycles. The number of benzene rings is 2. The Hall–Kier alpha value is -3.00. The van der Waals surface area contributed by atoms with Crippen LogP contribution in [0.4, 0.5) is 26.3 Å². The normalized spacial score (nSPS) is 17.5. The number of amides is 2. The maximum absolute atomic E-state index is 14.0. The standard InChI is InChI=1S/C31H37F6N5O2.2ClH/c1-3-40(4-2)10-7-11-41-12-13-42(28(44)21-14-23(30(32,33)34)16-24(15-21)31(35,36)37)29(20-41,18-27(38)43)17-22-19-39-26-9-6-5-8-25(22)26;;/h5-6,8-9,14-16,19,39H,3-4,7,10-13,17-18,20H2,1-2H3,(H2,38,43);2*1H/t29-;;/m1../s1. The quantitative estimate of drug-likeness (QED) is 0.227. The van der Waals surface area contributed by atoms with Crippen molar-refractivity contribution >= 4 is 47.5 Å². The van der Waals surface area contributed by atoms with Gasteiger partial charge in [0.2, 0.25) is 5.91 Å². The number of rotatable bonds is 11. The van der Waals surface area contributed by atoms with Crippen LogP contribution in [-0.4, -0.2) is 82.9 Å². The summed E-state index contributed by atoms with van der Waals surface area (Å²) in [5, 5.41) is 0.820. The van der Waals surface area contributed by atoms with Crippen LogP contribution in [0.25, 0.3) is 10.9 Å². The molecule has 1 aliphatic rings. The lowest BCUT2D eigenvalue weighted by atomic mass is 9.82. The first-order valence-corrected chi connectivity index (χ1v) is 14.6. The Labute approximate surface area is 276 Å². The van der Waals surface area contributed by atoms with Crippen LogP contribution in [0, 0.1) is 0 Å². The Bertz CT molecular complexity index is 1450. The van der Waals surface area contributed by atoms with Crippen LogP contribution in [0.5, 0.6) is 0 Å². The van der Waals surface area contributed by atoms with E-state index in [9.17, 15) is 35.9 Å². The monoisotopic (exact) mass is 697 g/mol. The van der Waals surface area contributed by atoms with Crippen LogP contribution < -0.4 is 5.73 Å². The minimum Gasteiger partial charge on any atom is -0.370 e. The molecule has 2 heterocycles. The van der Waals surface area contributed by atoms with Gasteiger partial charge in [0.15, 0.2) is 0 Å². The summed E-state index contributed by atoms with van der Waals surface area (Å²) >= 11 is 0. The lowest BCUT2D eigenvalue weighted by molar-refractivity contribution is -0.143. The number of nitrogens with two attached hydrogens (primary N) is 1. The van der Waals surface area contributed by atoms with Crippen molar-refractivity contribution in [3.8, 4) is 0 Å². The molecule has 1 fully saturated rings. The number of carbonyl (C=O) groups excluding carboxylic acids is 2. The minimum absolute atomic E-state index is 0. The van der Waals surface area contributed by atoms with E-state index >= 15 is 0 Å². The maximum atomic E-state index is 14.0. The molecular weight excluding hydrogens is 659 g/mol. The van der Waals surface area contributed by atoms with Crippen molar-refractivity contribution in [1.29, 1.82) is 0 Å². The highest BCUT2D eigenvalue weighted by molar-refractivity contribution is 5.96. The van der Waals surface area contributed by atoms with Gasteiger partial charge in [0.25, 0.3) is 5.91 Å². The summed E-state index contributed by atoms with van der Waals surface area (Å²) in [6.45, 7) is 7.78. The Balaban J connectivity index is 0.00000368. The number of piperazine rings is 1. The largest absolute Gasteiger partial charge is 0.416 e. The molecule has 1 atom stereocenters. The second kappa shape index (κ2) is 15.7. The summed E-state index contributed by atoms with van der Waals surface area (Å²) in [4.78, 5) is 35.4. The van der Waals surface area contributed by atoms with Crippen molar-refractivity contribution in [1.82, 2.24) is 19.7 Å². The molecule has 256 valence electrons. The molecule has 3 aromatic rings. The Morgan fingerprint density at radius 3 is 2.13 bits per heavy atom. The zero-order valence-corrected chi connectivity index (χ0v) is 27.1. The fourth-order valence-electron chi connectivity index (χ4n) is 6.18. The molecule has 2 amide bonds.